The average molecular weight is 235 g/mol. The number of piperidine rings is 1. The maximum atomic E-state index is 11.8. The number of β-amino-alcohol motifs (C(OH)–C–C–N with tert-alkyl or cyclic N) is 1. The molecule has 2 unspecified atom stereocenters. The van der Waals surface area contributed by atoms with Crippen molar-refractivity contribution in [2.24, 2.45) is 5.92 Å². The molecule has 1 fully saturated rings. The minimum absolute atomic E-state index is 0.246. The van der Waals surface area contributed by atoms with Crippen molar-refractivity contribution in [1.29, 1.82) is 0 Å². The van der Waals surface area contributed by atoms with E-state index in [0.717, 1.165) is 6.42 Å². The molecule has 17 heavy (non-hydrogen) atoms. The Morgan fingerprint density at radius 3 is 2.76 bits per heavy atom. The highest BCUT2D eigenvalue weighted by atomic mass is 16.6. The number of benzene rings is 1. The average Bonchev–Trinajstić information content (AvgIpc) is 2.34. The molecule has 1 aliphatic heterocycles. The molecule has 0 saturated carbocycles. The lowest BCUT2D eigenvalue weighted by atomic mass is 9.96. The number of carbonyl (C=O) groups excluding carboxylic acids is 1. The first kappa shape index (κ1) is 11.9. The molecule has 0 aliphatic carbocycles. The zero-order chi connectivity index (χ0) is 12.3. The van der Waals surface area contributed by atoms with Gasteiger partial charge in [-0.1, -0.05) is 25.1 Å². The summed E-state index contributed by atoms with van der Waals surface area (Å²) in [4.78, 5) is 13.4. The number of hydrogen-bond acceptors (Lipinski definition) is 3. The Kier molecular flexibility index (Phi) is 3.64. The second kappa shape index (κ2) is 5.19. The summed E-state index contributed by atoms with van der Waals surface area (Å²) in [6, 6.07) is 8.97. The van der Waals surface area contributed by atoms with Crippen LogP contribution in [0.25, 0.3) is 0 Å². The van der Waals surface area contributed by atoms with Crippen LogP contribution >= 0.6 is 0 Å². The molecule has 1 aromatic carbocycles. The fourth-order valence-corrected chi connectivity index (χ4v) is 1.87. The number of aliphatic hydroxyl groups excluding tert-OH is 1. The minimum atomic E-state index is -0.452. The smallest absolute Gasteiger partial charge is 0.410 e. The predicted molar refractivity (Wildman–Crippen MR) is 63.8 cm³/mol. The van der Waals surface area contributed by atoms with Crippen LogP contribution < -0.4 is 4.74 Å². The Hall–Kier alpha value is -1.55. The molecule has 4 nitrogen and oxygen atoms in total. The van der Waals surface area contributed by atoms with E-state index in [1.54, 1.807) is 17.0 Å². The van der Waals surface area contributed by atoms with E-state index in [1.165, 1.54) is 0 Å². The highest BCUT2D eigenvalue weighted by Crippen LogP contribution is 2.18. The van der Waals surface area contributed by atoms with Gasteiger partial charge in [0.25, 0.3) is 0 Å². The van der Waals surface area contributed by atoms with Gasteiger partial charge in [-0.05, 0) is 24.5 Å². The predicted octanol–water partition coefficient (Wildman–Crippen LogP) is 1.89. The standard InChI is InChI=1S/C13H17NO3/c1-10-7-8-14(9-12(10)15)13(16)17-11-5-3-2-4-6-11/h2-6,10,12,15H,7-9H2,1H3. The molecule has 0 aromatic heterocycles. The number of ether oxygens (including phenoxy) is 1. The number of carbonyl (C=O) groups is 1. The van der Waals surface area contributed by atoms with E-state index < -0.39 is 6.10 Å². The molecular formula is C13H17NO3. The molecule has 0 bridgehead atoms. The van der Waals surface area contributed by atoms with E-state index in [-0.39, 0.29) is 12.0 Å². The molecule has 0 spiro atoms. The van der Waals surface area contributed by atoms with Gasteiger partial charge >= 0.3 is 6.09 Å². The molecule has 2 atom stereocenters. The van der Waals surface area contributed by atoms with E-state index in [2.05, 4.69) is 0 Å². The van der Waals surface area contributed by atoms with Gasteiger partial charge < -0.3 is 14.7 Å². The molecule has 1 aromatic rings. The lowest BCUT2D eigenvalue weighted by Gasteiger charge is -2.33. The van der Waals surface area contributed by atoms with Gasteiger partial charge in [-0.25, -0.2) is 4.79 Å². The molecule has 92 valence electrons. The van der Waals surface area contributed by atoms with Crippen LogP contribution in [0.4, 0.5) is 4.79 Å². The van der Waals surface area contributed by atoms with Crippen LogP contribution in [0.15, 0.2) is 30.3 Å². The van der Waals surface area contributed by atoms with Gasteiger partial charge in [-0.15, -0.1) is 0 Å². The van der Waals surface area contributed by atoms with Crippen molar-refractivity contribution in [3.63, 3.8) is 0 Å². The van der Waals surface area contributed by atoms with E-state index in [1.807, 2.05) is 25.1 Å². The van der Waals surface area contributed by atoms with E-state index in [9.17, 15) is 9.90 Å². The number of amides is 1. The van der Waals surface area contributed by atoms with E-state index in [0.29, 0.717) is 18.8 Å². The molecular weight excluding hydrogens is 218 g/mol. The zero-order valence-corrected chi connectivity index (χ0v) is 9.87. The minimum Gasteiger partial charge on any atom is -0.410 e. The first-order chi connectivity index (χ1) is 8.16. The number of hydrogen-bond donors (Lipinski definition) is 1. The highest BCUT2D eigenvalue weighted by Gasteiger charge is 2.28. The number of para-hydroxylation sites is 1. The molecule has 1 aliphatic rings. The van der Waals surface area contributed by atoms with E-state index in [4.69, 9.17) is 4.74 Å². The van der Waals surface area contributed by atoms with Crippen LogP contribution in [0.1, 0.15) is 13.3 Å². The summed E-state index contributed by atoms with van der Waals surface area (Å²) >= 11 is 0. The van der Waals surface area contributed by atoms with Gasteiger partial charge in [0.2, 0.25) is 0 Å². The molecule has 4 heteroatoms. The lowest BCUT2D eigenvalue weighted by molar-refractivity contribution is 0.0336. The summed E-state index contributed by atoms with van der Waals surface area (Å²) in [6.45, 7) is 2.99. The summed E-state index contributed by atoms with van der Waals surface area (Å²) in [5, 5.41) is 9.71. The van der Waals surface area contributed by atoms with Gasteiger partial charge in [0.1, 0.15) is 5.75 Å². The Morgan fingerprint density at radius 2 is 2.12 bits per heavy atom. The first-order valence-electron chi connectivity index (χ1n) is 5.86. The zero-order valence-electron chi connectivity index (χ0n) is 9.87. The third kappa shape index (κ3) is 2.97. The van der Waals surface area contributed by atoms with Crippen LogP contribution in [0.2, 0.25) is 0 Å². The Labute approximate surface area is 101 Å². The second-order valence-corrected chi connectivity index (χ2v) is 4.46. The maximum Gasteiger partial charge on any atom is 0.415 e. The number of likely N-dealkylation sites (tertiary alicyclic amines) is 1. The molecule has 2 rings (SSSR count). The molecule has 1 heterocycles. The molecule has 0 radical (unpaired) electrons. The SMILES string of the molecule is CC1CCN(C(=O)Oc2ccccc2)CC1O. The van der Waals surface area contributed by atoms with Gasteiger partial charge in [-0.2, -0.15) is 0 Å². The largest absolute Gasteiger partial charge is 0.415 e. The number of aliphatic hydroxyl groups is 1. The Balaban J connectivity index is 1.93. The Morgan fingerprint density at radius 1 is 1.41 bits per heavy atom. The quantitative estimate of drug-likeness (QED) is 0.808. The fraction of sp³-hybridized carbons (Fsp3) is 0.462. The summed E-state index contributed by atoms with van der Waals surface area (Å²) < 4.78 is 5.21. The second-order valence-electron chi connectivity index (χ2n) is 4.46. The van der Waals surface area contributed by atoms with Crippen molar-refractivity contribution < 1.29 is 14.6 Å². The van der Waals surface area contributed by atoms with Crippen molar-refractivity contribution in [2.75, 3.05) is 13.1 Å². The third-order valence-electron chi connectivity index (χ3n) is 3.13. The number of nitrogens with zero attached hydrogens (tertiary/aromatic N) is 1. The van der Waals surface area contributed by atoms with Gasteiger partial charge in [0.15, 0.2) is 0 Å². The van der Waals surface area contributed by atoms with Crippen molar-refractivity contribution in [3.8, 4) is 5.75 Å². The van der Waals surface area contributed by atoms with Gasteiger partial charge in [0, 0.05) is 6.54 Å². The number of rotatable bonds is 1. The van der Waals surface area contributed by atoms with Crippen molar-refractivity contribution >= 4 is 6.09 Å². The van der Waals surface area contributed by atoms with Crippen LogP contribution in [0.3, 0.4) is 0 Å². The van der Waals surface area contributed by atoms with Crippen LogP contribution in [0, 0.1) is 5.92 Å². The lowest BCUT2D eigenvalue weighted by Crippen LogP contribution is -2.46. The normalized spacial score (nSPS) is 24.5. The van der Waals surface area contributed by atoms with Gasteiger partial charge in [-0.3, -0.25) is 0 Å². The summed E-state index contributed by atoms with van der Waals surface area (Å²) in [6.07, 6.45) is -0.0281. The van der Waals surface area contributed by atoms with Crippen molar-refractivity contribution in [3.05, 3.63) is 30.3 Å². The summed E-state index contributed by atoms with van der Waals surface area (Å²) in [5.41, 5.74) is 0. The van der Waals surface area contributed by atoms with Gasteiger partial charge in [0.05, 0.1) is 12.6 Å². The molecule has 1 N–H and O–H groups in total. The first-order valence-corrected chi connectivity index (χ1v) is 5.86. The summed E-state index contributed by atoms with van der Waals surface area (Å²) in [5.74, 6) is 0.779. The van der Waals surface area contributed by atoms with E-state index >= 15 is 0 Å². The monoisotopic (exact) mass is 235 g/mol. The van der Waals surface area contributed by atoms with Crippen LogP contribution in [-0.4, -0.2) is 35.3 Å². The Bertz CT molecular complexity index is 380. The van der Waals surface area contributed by atoms with Crippen molar-refractivity contribution in [1.82, 2.24) is 4.90 Å². The topological polar surface area (TPSA) is 49.8 Å². The maximum absolute atomic E-state index is 11.8. The molecule has 1 amide bonds. The van der Waals surface area contributed by atoms with Crippen LogP contribution in [-0.2, 0) is 0 Å². The van der Waals surface area contributed by atoms with Crippen molar-refractivity contribution in [2.45, 2.75) is 19.4 Å². The summed E-state index contributed by atoms with van der Waals surface area (Å²) in [7, 11) is 0. The fourth-order valence-electron chi connectivity index (χ4n) is 1.87. The molecule has 1 saturated heterocycles. The van der Waals surface area contributed by atoms with Crippen LogP contribution in [0.5, 0.6) is 5.75 Å². The third-order valence-corrected chi connectivity index (χ3v) is 3.13. The highest BCUT2D eigenvalue weighted by molar-refractivity contribution is 5.70.